The molecule has 33 heavy (non-hydrogen) atoms. The van der Waals surface area contributed by atoms with Gasteiger partial charge in [-0.2, -0.15) is 0 Å². The number of halogens is 1. The largest absolute Gasteiger partial charge is 0.497 e. The molecule has 1 aliphatic heterocycles. The van der Waals surface area contributed by atoms with Crippen LogP contribution in [0.1, 0.15) is 27.5 Å². The Morgan fingerprint density at radius 1 is 0.939 bits per heavy atom. The number of hydrazine groups is 1. The summed E-state index contributed by atoms with van der Waals surface area (Å²) in [5.74, 6) is 0.700. The van der Waals surface area contributed by atoms with E-state index in [4.69, 9.17) is 21.1 Å². The third kappa shape index (κ3) is 4.99. The molecule has 0 bridgehead atoms. The molecular weight excluding hydrogens is 442 g/mol. The van der Waals surface area contributed by atoms with Crippen LogP contribution in [0.25, 0.3) is 0 Å². The Hall–Kier alpha value is -3.84. The van der Waals surface area contributed by atoms with Crippen molar-refractivity contribution >= 4 is 29.6 Å². The Bertz CT molecular complexity index is 1180. The van der Waals surface area contributed by atoms with E-state index in [1.165, 1.54) is 0 Å². The highest BCUT2D eigenvalue weighted by atomic mass is 35.5. The molecule has 0 radical (unpaired) electrons. The molecule has 2 atom stereocenters. The molecule has 3 aromatic rings. The molecule has 168 valence electrons. The van der Waals surface area contributed by atoms with Crippen molar-refractivity contribution in [2.75, 3.05) is 14.2 Å². The van der Waals surface area contributed by atoms with Gasteiger partial charge in [0.2, 0.25) is 12.3 Å². The van der Waals surface area contributed by atoms with E-state index in [-0.39, 0.29) is 11.8 Å². The van der Waals surface area contributed by atoms with Gasteiger partial charge in [-0.05, 0) is 60.7 Å². The van der Waals surface area contributed by atoms with Gasteiger partial charge in [-0.1, -0.05) is 23.7 Å². The van der Waals surface area contributed by atoms with Gasteiger partial charge in [0.05, 0.1) is 14.2 Å². The molecule has 3 aromatic carbocycles. The van der Waals surface area contributed by atoms with Gasteiger partial charge in [-0.3, -0.25) is 9.59 Å². The highest BCUT2D eigenvalue weighted by molar-refractivity contribution is 6.30. The number of nitrogens with one attached hydrogen (secondary N) is 2. The predicted octanol–water partition coefficient (Wildman–Crippen LogP) is 3.37. The van der Waals surface area contributed by atoms with E-state index in [1.54, 1.807) is 55.3 Å². The van der Waals surface area contributed by atoms with E-state index < -0.39 is 12.1 Å². The number of nitrogens with zero attached hydrogens (tertiary/aromatic N) is 1. The summed E-state index contributed by atoms with van der Waals surface area (Å²) in [7, 11) is 3.16. The summed E-state index contributed by atoms with van der Waals surface area (Å²) in [6, 6.07) is 20.0. The van der Waals surface area contributed by atoms with Crippen LogP contribution >= 0.6 is 11.6 Å². The molecule has 2 amide bonds. The second kappa shape index (κ2) is 9.75. The van der Waals surface area contributed by atoms with Crippen LogP contribution in [0, 0.1) is 0 Å². The lowest BCUT2D eigenvalue weighted by molar-refractivity contribution is -0.596. The van der Waals surface area contributed by atoms with Gasteiger partial charge in [-0.15, -0.1) is 10.1 Å². The molecular formula is C25H23ClN3O4+. The first-order valence-corrected chi connectivity index (χ1v) is 10.6. The maximum absolute atomic E-state index is 12.9. The fourth-order valence-corrected chi connectivity index (χ4v) is 3.78. The summed E-state index contributed by atoms with van der Waals surface area (Å²) in [4.78, 5) is 25.9. The number of carbonyl (C=O) groups is 2. The monoisotopic (exact) mass is 464 g/mol. The maximum atomic E-state index is 12.9. The third-order valence-corrected chi connectivity index (χ3v) is 5.64. The topological polar surface area (TPSA) is 79.7 Å². The minimum Gasteiger partial charge on any atom is -0.497 e. The lowest BCUT2D eigenvalue weighted by Crippen LogP contribution is -2.42. The van der Waals surface area contributed by atoms with Crippen LogP contribution in [0.5, 0.6) is 11.5 Å². The van der Waals surface area contributed by atoms with E-state index in [0.717, 1.165) is 16.9 Å². The normalized spacial score (nSPS) is 18.6. The lowest BCUT2D eigenvalue weighted by atomic mass is 9.99. The summed E-state index contributed by atoms with van der Waals surface area (Å²) < 4.78 is 12.1. The molecule has 1 fully saturated rings. The predicted molar refractivity (Wildman–Crippen MR) is 125 cm³/mol. The second-order valence-electron chi connectivity index (χ2n) is 7.46. The zero-order valence-electron chi connectivity index (χ0n) is 18.1. The Balaban J connectivity index is 1.66. The van der Waals surface area contributed by atoms with E-state index in [2.05, 4.69) is 10.7 Å². The minimum absolute atomic E-state index is 0.318. The Kier molecular flexibility index (Phi) is 6.60. The average molecular weight is 465 g/mol. The summed E-state index contributed by atoms with van der Waals surface area (Å²) in [6.45, 7) is 0. The van der Waals surface area contributed by atoms with Crippen molar-refractivity contribution in [2.24, 2.45) is 0 Å². The first kappa shape index (κ1) is 22.4. The van der Waals surface area contributed by atoms with Crippen molar-refractivity contribution in [1.82, 2.24) is 10.7 Å². The van der Waals surface area contributed by atoms with Crippen LogP contribution in [0.4, 0.5) is 0 Å². The first-order valence-electron chi connectivity index (χ1n) is 10.3. The molecule has 1 heterocycles. The molecule has 4 rings (SSSR count). The zero-order chi connectivity index (χ0) is 23.4. The van der Waals surface area contributed by atoms with Crippen LogP contribution in [-0.4, -0.2) is 43.0 Å². The summed E-state index contributed by atoms with van der Waals surface area (Å²) in [5, 5.41) is 3.46. The number of amides is 2. The SMILES string of the molecule is COc1ccc(/C=[N+]2\NC(=O)[C@H](NC(=O)c3ccc(OC)cc3)[C@H]2c2ccc(Cl)cc2)cc1. The molecule has 0 saturated carbocycles. The average Bonchev–Trinajstić information content (AvgIpc) is 3.14. The zero-order valence-corrected chi connectivity index (χ0v) is 18.9. The van der Waals surface area contributed by atoms with Gasteiger partial charge in [0, 0.05) is 21.7 Å². The molecule has 1 saturated heterocycles. The van der Waals surface area contributed by atoms with Gasteiger partial charge >= 0.3 is 5.91 Å². The number of carbonyl (C=O) groups excluding carboxylic acids is 2. The molecule has 0 unspecified atom stereocenters. The van der Waals surface area contributed by atoms with E-state index in [9.17, 15) is 9.59 Å². The van der Waals surface area contributed by atoms with Crippen LogP contribution < -0.4 is 20.2 Å². The Morgan fingerprint density at radius 3 is 2.09 bits per heavy atom. The molecule has 0 spiro atoms. The second-order valence-corrected chi connectivity index (χ2v) is 7.90. The molecule has 0 aliphatic carbocycles. The first-order chi connectivity index (χ1) is 16.0. The molecule has 0 aromatic heterocycles. The highest BCUT2D eigenvalue weighted by Crippen LogP contribution is 2.27. The molecule has 7 nitrogen and oxygen atoms in total. The van der Waals surface area contributed by atoms with Crippen molar-refractivity contribution in [3.05, 3.63) is 94.5 Å². The number of hydrazone groups is 1. The van der Waals surface area contributed by atoms with Gasteiger partial charge in [-0.25, -0.2) is 0 Å². The third-order valence-electron chi connectivity index (χ3n) is 5.39. The maximum Gasteiger partial charge on any atom is 0.304 e. The van der Waals surface area contributed by atoms with E-state index >= 15 is 0 Å². The fourth-order valence-electron chi connectivity index (χ4n) is 3.66. The number of benzene rings is 3. The van der Waals surface area contributed by atoms with Crippen LogP contribution in [0.2, 0.25) is 5.02 Å². The van der Waals surface area contributed by atoms with Crippen molar-refractivity contribution in [3.63, 3.8) is 0 Å². The molecule has 8 heteroatoms. The quantitative estimate of drug-likeness (QED) is 0.548. The van der Waals surface area contributed by atoms with Crippen LogP contribution in [0.15, 0.2) is 72.8 Å². The lowest BCUT2D eigenvalue weighted by Gasteiger charge is -2.15. The fraction of sp³-hybridized carbons (Fsp3) is 0.160. The number of ether oxygens (including phenoxy) is 2. The minimum atomic E-state index is -0.824. The molecule has 1 aliphatic rings. The number of methoxy groups -OCH3 is 2. The van der Waals surface area contributed by atoms with Gasteiger partial charge < -0.3 is 14.8 Å². The van der Waals surface area contributed by atoms with Crippen LogP contribution in [0.3, 0.4) is 0 Å². The Labute approximate surface area is 196 Å². The number of hydrogen-bond donors (Lipinski definition) is 2. The van der Waals surface area contributed by atoms with Crippen molar-refractivity contribution in [3.8, 4) is 11.5 Å². The van der Waals surface area contributed by atoms with Crippen LogP contribution in [-0.2, 0) is 4.79 Å². The van der Waals surface area contributed by atoms with Crippen molar-refractivity contribution < 1.29 is 23.7 Å². The van der Waals surface area contributed by atoms with Gasteiger partial charge in [0.1, 0.15) is 11.5 Å². The summed E-state index contributed by atoms with van der Waals surface area (Å²) in [6.07, 6.45) is 1.82. The smallest absolute Gasteiger partial charge is 0.304 e. The summed E-state index contributed by atoms with van der Waals surface area (Å²) in [5.41, 5.74) is 4.97. The number of rotatable bonds is 6. The standard InChI is InChI=1S/C25H22ClN3O4/c1-32-20-11-3-16(4-12-20)15-29-23(17-5-9-19(26)10-6-17)22(25(31)28-29)27-24(30)18-7-13-21(33-2)14-8-18/h3-15,22-23H,1-2H3,(H-,27,28,30,31)/p+1/b29-15-/t22-,23-/m1/s1. The van der Waals surface area contributed by atoms with Gasteiger partial charge in [0.25, 0.3) is 5.91 Å². The van der Waals surface area contributed by atoms with Crippen molar-refractivity contribution in [2.45, 2.75) is 12.1 Å². The Morgan fingerprint density at radius 2 is 1.52 bits per heavy atom. The summed E-state index contributed by atoms with van der Waals surface area (Å²) >= 11 is 6.07. The van der Waals surface area contributed by atoms with E-state index in [1.807, 2.05) is 42.6 Å². The number of hydrogen-bond acceptors (Lipinski definition) is 4. The highest BCUT2D eigenvalue weighted by Gasteiger charge is 2.47. The molecule has 2 N–H and O–H groups in total. The van der Waals surface area contributed by atoms with E-state index in [0.29, 0.717) is 16.3 Å². The van der Waals surface area contributed by atoms with Gasteiger partial charge in [0.15, 0.2) is 6.04 Å². The van der Waals surface area contributed by atoms with Crippen molar-refractivity contribution in [1.29, 1.82) is 0 Å².